The molecule has 0 aromatic carbocycles. The highest BCUT2D eigenvalue weighted by atomic mass is 16.5. The molecule has 0 aromatic heterocycles. The fourth-order valence-corrected chi connectivity index (χ4v) is 4.25. The molecule has 1 atom stereocenters. The normalized spacial score (nSPS) is 20.5. The van der Waals surface area contributed by atoms with Crippen molar-refractivity contribution >= 4 is 0 Å². The first-order chi connectivity index (χ1) is 10.6. The van der Waals surface area contributed by atoms with E-state index < -0.39 is 0 Å². The van der Waals surface area contributed by atoms with E-state index in [1.165, 1.54) is 44.9 Å². The summed E-state index contributed by atoms with van der Waals surface area (Å²) in [6.07, 6.45) is 12.6. The summed E-state index contributed by atoms with van der Waals surface area (Å²) in [6, 6.07) is 0. The molecular weight excluding hydrogens is 284 g/mol. The Labute approximate surface area is 145 Å². The molecule has 1 fully saturated rings. The quantitative estimate of drug-likeness (QED) is 0.447. The molecule has 0 aliphatic heterocycles. The molecule has 1 saturated carbocycles. The highest BCUT2D eigenvalue weighted by molar-refractivity contribution is 4.87. The molecule has 0 N–H and O–H groups in total. The molecule has 1 rings (SSSR count). The highest BCUT2D eigenvalue weighted by Gasteiger charge is 2.37. The van der Waals surface area contributed by atoms with E-state index in [1.54, 1.807) is 0 Å². The summed E-state index contributed by atoms with van der Waals surface area (Å²) in [4.78, 5) is 0. The predicted molar refractivity (Wildman–Crippen MR) is 100 cm³/mol. The van der Waals surface area contributed by atoms with Gasteiger partial charge in [0.05, 0.1) is 22.9 Å². The first-order valence-corrected chi connectivity index (χ1v) is 9.99. The Bertz CT molecular complexity index is 329. The molecule has 0 saturated heterocycles. The van der Waals surface area contributed by atoms with E-state index in [-0.39, 0.29) is 16.8 Å². The second-order valence-corrected chi connectivity index (χ2v) is 9.08. The van der Waals surface area contributed by atoms with Crippen molar-refractivity contribution < 1.29 is 9.47 Å². The van der Waals surface area contributed by atoms with E-state index in [0.717, 1.165) is 19.3 Å². The van der Waals surface area contributed by atoms with Gasteiger partial charge in [-0.15, -0.1) is 0 Å². The van der Waals surface area contributed by atoms with Crippen LogP contribution in [0.2, 0.25) is 0 Å². The third kappa shape index (κ3) is 8.03. The average molecular weight is 327 g/mol. The zero-order valence-corrected chi connectivity index (χ0v) is 17.0. The van der Waals surface area contributed by atoms with E-state index in [2.05, 4.69) is 48.5 Å². The monoisotopic (exact) mass is 326 g/mol. The van der Waals surface area contributed by atoms with Crippen molar-refractivity contribution in [3.05, 3.63) is 0 Å². The van der Waals surface area contributed by atoms with E-state index >= 15 is 0 Å². The van der Waals surface area contributed by atoms with Gasteiger partial charge in [-0.3, -0.25) is 0 Å². The van der Waals surface area contributed by atoms with E-state index in [4.69, 9.17) is 9.47 Å². The fraction of sp³-hybridized carbons (Fsp3) is 1.00. The summed E-state index contributed by atoms with van der Waals surface area (Å²) in [5, 5.41) is 0. The van der Waals surface area contributed by atoms with Crippen LogP contribution < -0.4 is 0 Å². The van der Waals surface area contributed by atoms with Crippen LogP contribution in [0.15, 0.2) is 0 Å². The minimum atomic E-state index is -0.156. The van der Waals surface area contributed by atoms with Gasteiger partial charge in [0.2, 0.25) is 0 Å². The molecule has 0 heterocycles. The lowest BCUT2D eigenvalue weighted by molar-refractivity contribution is -0.179. The van der Waals surface area contributed by atoms with Crippen molar-refractivity contribution in [2.75, 3.05) is 0 Å². The van der Waals surface area contributed by atoms with Gasteiger partial charge in [0.15, 0.2) is 0 Å². The zero-order valence-electron chi connectivity index (χ0n) is 17.0. The number of hydrogen-bond donors (Lipinski definition) is 0. The lowest BCUT2D eigenvalue weighted by atomic mass is 9.88. The van der Waals surface area contributed by atoms with Gasteiger partial charge >= 0.3 is 0 Å². The number of hydrogen-bond acceptors (Lipinski definition) is 2. The Morgan fingerprint density at radius 3 is 2.00 bits per heavy atom. The average Bonchev–Trinajstić information content (AvgIpc) is 2.44. The minimum Gasteiger partial charge on any atom is -0.372 e. The van der Waals surface area contributed by atoms with Crippen molar-refractivity contribution in [1.29, 1.82) is 0 Å². The lowest BCUT2D eigenvalue weighted by Gasteiger charge is -2.43. The maximum absolute atomic E-state index is 6.62. The molecular formula is C21H42O2. The topological polar surface area (TPSA) is 18.5 Å². The van der Waals surface area contributed by atoms with Crippen molar-refractivity contribution in [2.45, 2.75) is 136 Å². The van der Waals surface area contributed by atoms with Crippen LogP contribution in [0.1, 0.15) is 113 Å². The third-order valence-electron chi connectivity index (χ3n) is 5.22. The minimum absolute atomic E-state index is 0.0135. The van der Waals surface area contributed by atoms with Gasteiger partial charge < -0.3 is 9.47 Å². The zero-order chi connectivity index (χ0) is 17.6. The summed E-state index contributed by atoms with van der Waals surface area (Å²) >= 11 is 0. The third-order valence-corrected chi connectivity index (χ3v) is 5.22. The fourth-order valence-electron chi connectivity index (χ4n) is 4.25. The van der Waals surface area contributed by atoms with Crippen LogP contribution in [0.4, 0.5) is 0 Å². The highest BCUT2D eigenvalue weighted by Crippen LogP contribution is 2.36. The molecule has 0 bridgehead atoms. The first kappa shape index (κ1) is 21.0. The van der Waals surface area contributed by atoms with Crippen LogP contribution in [-0.2, 0) is 9.47 Å². The molecule has 1 aliphatic carbocycles. The number of ether oxygens (including phenoxy) is 2. The summed E-state index contributed by atoms with van der Waals surface area (Å²) < 4.78 is 13.1. The predicted octanol–water partition coefficient (Wildman–Crippen LogP) is 6.66. The van der Waals surface area contributed by atoms with Crippen LogP contribution in [0, 0.1) is 0 Å². The summed E-state index contributed by atoms with van der Waals surface area (Å²) in [5.41, 5.74) is -0.290. The number of rotatable bonds is 10. The van der Waals surface area contributed by atoms with Crippen LogP contribution in [0.3, 0.4) is 0 Å². The summed E-state index contributed by atoms with van der Waals surface area (Å²) in [6.45, 7) is 15.7. The van der Waals surface area contributed by atoms with E-state index in [1.807, 2.05) is 0 Å². The van der Waals surface area contributed by atoms with Crippen LogP contribution in [0.5, 0.6) is 0 Å². The van der Waals surface area contributed by atoms with Gasteiger partial charge in [-0.25, -0.2) is 0 Å². The van der Waals surface area contributed by atoms with E-state index in [9.17, 15) is 0 Å². The standard InChI is InChI=1S/C21H42O2/c1-8-10-16-21(7,9-2)23-20(5,6)17-19(3,4)22-18-14-12-11-13-15-18/h18H,8-17H2,1-7H3. The lowest BCUT2D eigenvalue weighted by Crippen LogP contribution is -2.45. The molecule has 2 heteroatoms. The van der Waals surface area contributed by atoms with Gasteiger partial charge in [0, 0.05) is 6.42 Å². The largest absolute Gasteiger partial charge is 0.372 e. The Kier molecular flexibility index (Phi) is 8.07. The van der Waals surface area contributed by atoms with Crippen LogP contribution in [0.25, 0.3) is 0 Å². The molecule has 0 spiro atoms. The van der Waals surface area contributed by atoms with Gasteiger partial charge in [0.25, 0.3) is 0 Å². The molecule has 1 unspecified atom stereocenters. The van der Waals surface area contributed by atoms with Gasteiger partial charge in [-0.05, 0) is 60.3 Å². The Morgan fingerprint density at radius 1 is 0.870 bits per heavy atom. The molecule has 0 amide bonds. The first-order valence-electron chi connectivity index (χ1n) is 9.99. The van der Waals surface area contributed by atoms with Crippen molar-refractivity contribution in [2.24, 2.45) is 0 Å². The van der Waals surface area contributed by atoms with Crippen molar-refractivity contribution in [1.82, 2.24) is 0 Å². The second-order valence-electron chi connectivity index (χ2n) is 9.08. The van der Waals surface area contributed by atoms with Gasteiger partial charge in [-0.1, -0.05) is 46.0 Å². The molecule has 23 heavy (non-hydrogen) atoms. The number of unbranched alkanes of at least 4 members (excludes halogenated alkanes) is 1. The molecule has 2 nitrogen and oxygen atoms in total. The van der Waals surface area contributed by atoms with Crippen LogP contribution in [-0.4, -0.2) is 22.9 Å². The van der Waals surface area contributed by atoms with Gasteiger partial charge in [0.1, 0.15) is 0 Å². The molecule has 0 aromatic rings. The Hall–Kier alpha value is -0.0800. The molecule has 138 valence electrons. The maximum Gasteiger partial charge on any atom is 0.0661 e. The summed E-state index contributed by atoms with van der Waals surface area (Å²) in [5.74, 6) is 0. The van der Waals surface area contributed by atoms with Crippen LogP contribution >= 0.6 is 0 Å². The van der Waals surface area contributed by atoms with Crippen molar-refractivity contribution in [3.8, 4) is 0 Å². The SMILES string of the molecule is CCCCC(C)(CC)OC(C)(C)CC(C)(C)OC1CCCCC1. The summed E-state index contributed by atoms with van der Waals surface area (Å²) in [7, 11) is 0. The van der Waals surface area contributed by atoms with Crippen molar-refractivity contribution in [3.63, 3.8) is 0 Å². The Balaban J connectivity index is 2.59. The molecule has 1 aliphatic rings. The maximum atomic E-state index is 6.62. The molecule has 0 radical (unpaired) electrons. The van der Waals surface area contributed by atoms with Gasteiger partial charge in [-0.2, -0.15) is 0 Å². The second kappa shape index (κ2) is 8.85. The smallest absolute Gasteiger partial charge is 0.0661 e. The van der Waals surface area contributed by atoms with E-state index in [0.29, 0.717) is 6.10 Å². The Morgan fingerprint density at radius 2 is 1.48 bits per heavy atom.